The molecule has 1 heterocycles. The van der Waals surface area contributed by atoms with E-state index in [9.17, 15) is 4.79 Å². The summed E-state index contributed by atoms with van der Waals surface area (Å²) in [6.07, 6.45) is 1.51. The number of nitrogens with one attached hydrogen (secondary N) is 1. The van der Waals surface area contributed by atoms with Gasteiger partial charge in [0.1, 0.15) is 5.75 Å². The van der Waals surface area contributed by atoms with Crippen molar-refractivity contribution in [3.63, 3.8) is 0 Å². The fourth-order valence-electron chi connectivity index (χ4n) is 2.38. The lowest BCUT2D eigenvalue weighted by molar-refractivity contribution is 0.0944. The molecular formula is C13H13N3O3. The van der Waals surface area contributed by atoms with Crippen LogP contribution in [0.15, 0.2) is 22.7 Å². The minimum Gasteiger partial charge on any atom is -0.497 e. The quantitative estimate of drug-likeness (QED) is 0.478. The number of hydrazine groups is 1. The maximum Gasteiger partial charge on any atom is 0.287 e. The number of nitrogens with two attached hydrogens (primary N) is 1. The van der Waals surface area contributed by atoms with Gasteiger partial charge in [-0.25, -0.2) is 5.84 Å². The number of ether oxygens (including phenoxy) is 1. The van der Waals surface area contributed by atoms with Crippen LogP contribution < -0.4 is 16.0 Å². The third-order valence-corrected chi connectivity index (χ3v) is 3.34. The summed E-state index contributed by atoms with van der Waals surface area (Å²) in [5.41, 5.74) is 5.22. The van der Waals surface area contributed by atoms with Gasteiger partial charge in [0, 0.05) is 11.1 Å². The maximum atomic E-state index is 11.6. The fraction of sp³-hybridized carbons (Fsp3) is 0.231. The average Bonchev–Trinajstić information content (AvgIpc) is 2.89. The summed E-state index contributed by atoms with van der Waals surface area (Å²) >= 11 is 0. The van der Waals surface area contributed by atoms with E-state index in [0.717, 1.165) is 28.9 Å². The smallest absolute Gasteiger partial charge is 0.287 e. The minimum atomic E-state index is -0.429. The molecule has 2 aromatic rings. The van der Waals surface area contributed by atoms with Crippen LogP contribution in [-0.4, -0.2) is 18.2 Å². The van der Waals surface area contributed by atoms with Crippen LogP contribution >= 0.6 is 0 Å². The van der Waals surface area contributed by atoms with Crippen LogP contribution in [0.5, 0.6) is 5.75 Å². The summed E-state index contributed by atoms with van der Waals surface area (Å²) < 4.78 is 10.5. The molecular weight excluding hydrogens is 246 g/mol. The second-order valence-corrected chi connectivity index (χ2v) is 4.34. The summed E-state index contributed by atoms with van der Waals surface area (Å²) in [5, 5.41) is 3.81. The largest absolute Gasteiger partial charge is 0.497 e. The summed E-state index contributed by atoms with van der Waals surface area (Å²) in [6.45, 7) is 0. The lowest BCUT2D eigenvalue weighted by Crippen LogP contribution is -2.31. The average molecular weight is 259 g/mol. The standard InChI is InChI=1S/C13H13N3O3/c1-18-8-3-5-9-7(6-8)2-4-10-11(13(17)15-14)16-19-12(9)10/h3,5-6H,2,4,14H2,1H3,(H,15,17). The number of nitrogens with zero attached hydrogens (tertiary/aromatic N) is 1. The molecule has 0 aliphatic heterocycles. The van der Waals surface area contributed by atoms with Gasteiger partial charge in [-0.2, -0.15) is 0 Å². The molecule has 0 atom stereocenters. The van der Waals surface area contributed by atoms with E-state index in [0.29, 0.717) is 12.2 Å². The Morgan fingerprint density at radius 1 is 1.47 bits per heavy atom. The Kier molecular flexibility index (Phi) is 2.72. The molecule has 1 aromatic carbocycles. The summed E-state index contributed by atoms with van der Waals surface area (Å²) in [5.74, 6) is 6.15. The molecule has 0 saturated carbocycles. The van der Waals surface area contributed by atoms with Gasteiger partial charge in [0.05, 0.1) is 7.11 Å². The van der Waals surface area contributed by atoms with Crippen molar-refractivity contribution in [2.45, 2.75) is 12.8 Å². The van der Waals surface area contributed by atoms with Crippen molar-refractivity contribution in [3.8, 4) is 17.1 Å². The maximum absolute atomic E-state index is 11.6. The van der Waals surface area contributed by atoms with Crippen molar-refractivity contribution >= 4 is 5.91 Å². The highest BCUT2D eigenvalue weighted by Crippen LogP contribution is 2.36. The van der Waals surface area contributed by atoms with Crippen LogP contribution in [0.1, 0.15) is 21.6 Å². The van der Waals surface area contributed by atoms with Crippen LogP contribution in [0, 0.1) is 0 Å². The number of rotatable bonds is 2. The van der Waals surface area contributed by atoms with Crippen LogP contribution in [0.3, 0.4) is 0 Å². The van der Waals surface area contributed by atoms with Crippen molar-refractivity contribution in [2.24, 2.45) is 5.84 Å². The van der Waals surface area contributed by atoms with E-state index in [1.807, 2.05) is 18.2 Å². The number of hydrogen-bond acceptors (Lipinski definition) is 5. The molecule has 6 nitrogen and oxygen atoms in total. The number of hydrogen-bond donors (Lipinski definition) is 2. The number of benzene rings is 1. The highest BCUT2D eigenvalue weighted by atomic mass is 16.5. The molecule has 0 saturated heterocycles. The van der Waals surface area contributed by atoms with E-state index in [1.54, 1.807) is 7.11 Å². The van der Waals surface area contributed by atoms with Gasteiger partial charge >= 0.3 is 0 Å². The highest BCUT2D eigenvalue weighted by molar-refractivity contribution is 5.95. The molecule has 19 heavy (non-hydrogen) atoms. The first kappa shape index (κ1) is 11.7. The molecule has 1 aromatic heterocycles. The number of carbonyl (C=O) groups excluding carboxylic acids is 1. The molecule has 1 aliphatic carbocycles. The summed E-state index contributed by atoms with van der Waals surface area (Å²) in [7, 11) is 1.63. The van der Waals surface area contributed by atoms with Gasteiger partial charge in [0.25, 0.3) is 5.91 Å². The van der Waals surface area contributed by atoms with E-state index in [4.69, 9.17) is 15.1 Å². The molecule has 0 fully saturated rings. The van der Waals surface area contributed by atoms with Crippen LogP contribution in [-0.2, 0) is 12.8 Å². The van der Waals surface area contributed by atoms with Gasteiger partial charge in [0.2, 0.25) is 0 Å². The molecule has 0 radical (unpaired) electrons. The van der Waals surface area contributed by atoms with Crippen molar-refractivity contribution in [3.05, 3.63) is 35.0 Å². The van der Waals surface area contributed by atoms with Crippen LogP contribution in [0.2, 0.25) is 0 Å². The summed E-state index contributed by atoms with van der Waals surface area (Å²) in [6, 6.07) is 5.75. The number of aryl methyl sites for hydroxylation is 1. The van der Waals surface area contributed by atoms with E-state index in [2.05, 4.69) is 10.6 Å². The predicted molar refractivity (Wildman–Crippen MR) is 67.6 cm³/mol. The number of amides is 1. The zero-order valence-electron chi connectivity index (χ0n) is 10.4. The van der Waals surface area contributed by atoms with Crippen molar-refractivity contribution in [2.75, 3.05) is 7.11 Å². The number of nitrogen functional groups attached to an aromatic ring is 1. The SMILES string of the molecule is COc1ccc2c(c1)CCc1c(C(=O)NN)noc1-2. The van der Waals surface area contributed by atoms with Crippen LogP contribution in [0.25, 0.3) is 11.3 Å². The lowest BCUT2D eigenvalue weighted by atomic mass is 9.89. The molecule has 3 N–H and O–H groups in total. The van der Waals surface area contributed by atoms with Crippen molar-refractivity contribution < 1.29 is 14.1 Å². The molecule has 0 bridgehead atoms. The third kappa shape index (κ3) is 1.77. The number of methoxy groups -OCH3 is 1. The third-order valence-electron chi connectivity index (χ3n) is 3.34. The number of aromatic nitrogens is 1. The van der Waals surface area contributed by atoms with Gasteiger partial charge in [-0.15, -0.1) is 0 Å². The van der Waals surface area contributed by atoms with Gasteiger partial charge in [-0.1, -0.05) is 5.16 Å². The van der Waals surface area contributed by atoms with Crippen molar-refractivity contribution in [1.82, 2.24) is 10.6 Å². The Morgan fingerprint density at radius 2 is 2.32 bits per heavy atom. The first-order valence-corrected chi connectivity index (χ1v) is 5.91. The van der Waals surface area contributed by atoms with E-state index < -0.39 is 5.91 Å². The molecule has 1 aliphatic rings. The van der Waals surface area contributed by atoms with Gasteiger partial charge in [-0.05, 0) is 36.6 Å². The second-order valence-electron chi connectivity index (χ2n) is 4.34. The predicted octanol–water partition coefficient (Wildman–Crippen LogP) is 1.05. The molecule has 98 valence electrons. The zero-order chi connectivity index (χ0) is 13.4. The fourth-order valence-corrected chi connectivity index (χ4v) is 2.38. The zero-order valence-corrected chi connectivity index (χ0v) is 10.4. The first-order chi connectivity index (χ1) is 9.24. The monoisotopic (exact) mass is 259 g/mol. The van der Waals surface area contributed by atoms with Gasteiger partial charge < -0.3 is 9.26 Å². The van der Waals surface area contributed by atoms with Crippen molar-refractivity contribution in [1.29, 1.82) is 0 Å². The van der Waals surface area contributed by atoms with E-state index >= 15 is 0 Å². The Bertz CT molecular complexity index is 649. The number of carbonyl (C=O) groups is 1. The highest BCUT2D eigenvalue weighted by Gasteiger charge is 2.27. The Balaban J connectivity index is 2.10. The molecule has 6 heteroatoms. The Hall–Kier alpha value is -2.34. The topological polar surface area (TPSA) is 90.4 Å². The minimum absolute atomic E-state index is 0.263. The van der Waals surface area contributed by atoms with E-state index in [1.165, 1.54) is 0 Å². The summed E-state index contributed by atoms with van der Waals surface area (Å²) in [4.78, 5) is 11.6. The first-order valence-electron chi connectivity index (χ1n) is 5.91. The lowest BCUT2D eigenvalue weighted by Gasteiger charge is -2.15. The van der Waals surface area contributed by atoms with Gasteiger partial charge in [0.15, 0.2) is 11.5 Å². The Labute approximate surface area is 109 Å². The molecule has 1 amide bonds. The molecule has 3 rings (SSSR count). The van der Waals surface area contributed by atoms with E-state index in [-0.39, 0.29) is 5.69 Å². The number of fused-ring (bicyclic) bond motifs is 3. The normalized spacial score (nSPS) is 12.5. The van der Waals surface area contributed by atoms with Gasteiger partial charge in [-0.3, -0.25) is 10.2 Å². The Morgan fingerprint density at radius 3 is 3.05 bits per heavy atom. The second kappa shape index (κ2) is 4.40. The molecule has 0 spiro atoms. The van der Waals surface area contributed by atoms with Crippen LogP contribution in [0.4, 0.5) is 0 Å². The molecule has 0 unspecified atom stereocenters.